The quantitative estimate of drug-likeness (QED) is 0.673. The van der Waals surface area contributed by atoms with E-state index in [-0.39, 0.29) is 6.61 Å². The monoisotopic (exact) mass is 298 g/mol. The Hall–Kier alpha value is -2.14. The molecule has 1 N–H and O–H groups in total. The summed E-state index contributed by atoms with van der Waals surface area (Å²) in [6.45, 7) is 1.14. The standard InChI is InChI=1S/C13H13F3N4O/c1-8(13(14,15)16)12(18)20-11(2-3-21-20)10-4-9(5-17)6-19-7-10/h4,6-8,11,18H,2-3H2,1H3/t8?,11-/m0/s1. The van der Waals surface area contributed by atoms with Crippen LogP contribution in [-0.4, -0.2) is 28.7 Å². The van der Waals surface area contributed by atoms with Gasteiger partial charge in [0.2, 0.25) is 0 Å². The first-order valence-electron chi connectivity index (χ1n) is 6.27. The van der Waals surface area contributed by atoms with E-state index in [1.807, 2.05) is 6.07 Å². The van der Waals surface area contributed by atoms with Gasteiger partial charge in [-0.2, -0.15) is 18.4 Å². The summed E-state index contributed by atoms with van der Waals surface area (Å²) in [5.74, 6) is -2.57. The molecule has 0 aromatic carbocycles. The van der Waals surface area contributed by atoms with Crippen LogP contribution in [0.5, 0.6) is 0 Å². The van der Waals surface area contributed by atoms with E-state index >= 15 is 0 Å². The molecule has 1 saturated heterocycles. The molecular weight excluding hydrogens is 285 g/mol. The first kappa shape index (κ1) is 15.3. The van der Waals surface area contributed by atoms with Crippen LogP contribution in [0.15, 0.2) is 18.5 Å². The molecule has 5 nitrogen and oxygen atoms in total. The molecule has 2 rings (SSSR count). The van der Waals surface area contributed by atoms with Crippen LogP contribution in [0, 0.1) is 22.7 Å². The lowest BCUT2D eigenvalue weighted by atomic mass is 10.0. The molecule has 0 saturated carbocycles. The van der Waals surface area contributed by atoms with Crippen molar-refractivity contribution in [2.75, 3.05) is 6.61 Å². The predicted molar refractivity (Wildman–Crippen MR) is 67.0 cm³/mol. The molecule has 0 spiro atoms. The van der Waals surface area contributed by atoms with Crippen LogP contribution in [-0.2, 0) is 4.84 Å². The summed E-state index contributed by atoms with van der Waals surface area (Å²) in [4.78, 5) is 9.06. The molecule has 8 heteroatoms. The number of hydroxylamine groups is 2. The highest BCUT2D eigenvalue weighted by Gasteiger charge is 2.44. The van der Waals surface area contributed by atoms with Gasteiger partial charge in [-0.25, -0.2) is 5.06 Å². The van der Waals surface area contributed by atoms with Crippen molar-refractivity contribution in [2.24, 2.45) is 5.92 Å². The molecule has 1 aliphatic rings. The van der Waals surface area contributed by atoms with E-state index < -0.39 is 24.0 Å². The Kier molecular flexibility index (Phi) is 4.14. The summed E-state index contributed by atoms with van der Waals surface area (Å²) in [7, 11) is 0. The van der Waals surface area contributed by atoms with Crippen molar-refractivity contribution in [1.29, 1.82) is 10.7 Å². The third-order valence-electron chi connectivity index (χ3n) is 3.32. The molecule has 1 aliphatic heterocycles. The molecule has 1 fully saturated rings. The topological polar surface area (TPSA) is 73.0 Å². The summed E-state index contributed by atoms with van der Waals surface area (Å²) in [5.41, 5.74) is 0.875. The van der Waals surface area contributed by atoms with Gasteiger partial charge in [-0.15, -0.1) is 0 Å². The second-order valence-electron chi connectivity index (χ2n) is 4.73. The van der Waals surface area contributed by atoms with Gasteiger partial charge < -0.3 is 0 Å². The minimum atomic E-state index is -4.50. The van der Waals surface area contributed by atoms with Gasteiger partial charge in [0.25, 0.3) is 0 Å². The second kappa shape index (κ2) is 5.69. The van der Waals surface area contributed by atoms with Crippen molar-refractivity contribution in [1.82, 2.24) is 10.0 Å². The summed E-state index contributed by atoms with van der Waals surface area (Å²) in [6.07, 6.45) is -1.23. The maximum atomic E-state index is 12.7. The molecule has 2 heterocycles. The van der Waals surface area contributed by atoms with Crippen molar-refractivity contribution < 1.29 is 18.0 Å². The largest absolute Gasteiger partial charge is 0.398 e. The van der Waals surface area contributed by atoms with Crippen molar-refractivity contribution in [2.45, 2.75) is 25.6 Å². The number of amidine groups is 1. The lowest BCUT2D eigenvalue weighted by Crippen LogP contribution is -2.39. The van der Waals surface area contributed by atoms with Crippen LogP contribution in [0.4, 0.5) is 13.2 Å². The number of nitrogens with one attached hydrogen (secondary N) is 1. The Labute approximate surface area is 119 Å². The Bertz CT molecular complexity index is 582. The molecule has 0 radical (unpaired) electrons. The molecule has 0 amide bonds. The van der Waals surface area contributed by atoms with Crippen LogP contribution in [0.25, 0.3) is 0 Å². The third kappa shape index (κ3) is 3.13. The number of nitrogens with zero attached hydrogens (tertiary/aromatic N) is 3. The number of rotatable bonds is 2. The molecule has 0 bridgehead atoms. The Morgan fingerprint density at radius 1 is 1.57 bits per heavy atom. The van der Waals surface area contributed by atoms with E-state index in [0.29, 0.717) is 17.5 Å². The molecule has 2 atom stereocenters. The fraction of sp³-hybridized carbons (Fsp3) is 0.462. The van der Waals surface area contributed by atoms with Crippen LogP contribution in [0.3, 0.4) is 0 Å². The molecule has 1 aromatic heterocycles. The van der Waals surface area contributed by atoms with Crippen molar-refractivity contribution in [3.8, 4) is 6.07 Å². The lowest BCUT2D eigenvalue weighted by molar-refractivity contribution is -0.162. The van der Waals surface area contributed by atoms with E-state index in [4.69, 9.17) is 15.5 Å². The van der Waals surface area contributed by atoms with Crippen LogP contribution >= 0.6 is 0 Å². The maximum Gasteiger partial charge on any atom is 0.398 e. The number of pyridine rings is 1. The van der Waals surface area contributed by atoms with E-state index in [2.05, 4.69) is 4.98 Å². The molecule has 112 valence electrons. The third-order valence-corrected chi connectivity index (χ3v) is 3.32. The van der Waals surface area contributed by atoms with E-state index in [1.54, 1.807) is 6.07 Å². The van der Waals surface area contributed by atoms with Gasteiger partial charge in [0.15, 0.2) is 0 Å². The SMILES string of the molecule is CC(C(=N)N1OCC[C@H]1c1cncc(C#N)c1)C(F)(F)F. The average molecular weight is 298 g/mol. The van der Waals surface area contributed by atoms with Crippen molar-refractivity contribution >= 4 is 5.84 Å². The summed E-state index contributed by atoms with van der Waals surface area (Å²) in [5, 5.41) is 17.5. The minimum absolute atomic E-state index is 0.217. The van der Waals surface area contributed by atoms with Crippen LogP contribution in [0.1, 0.15) is 30.5 Å². The number of nitriles is 1. The Morgan fingerprint density at radius 2 is 2.29 bits per heavy atom. The number of halogens is 3. The first-order valence-corrected chi connectivity index (χ1v) is 6.27. The highest BCUT2D eigenvalue weighted by molar-refractivity contribution is 5.81. The van der Waals surface area contributed by atoms with Gasteiger partial charge in [0, 0.05) is 18.8 Å². The highest BCUT2D eigenvalue weighted by atomic mass is 19.4. The fourth-order valence-electron chi connectivity index (χ4n) is 2.06. The van der Waals surface area contributed by atoms with E-state index in [1.165, 1.54) is 12.4 Å². The molecule has 1 aromatic rings. The molecular formula is C13H13F3N4O. The average Bonchev–Trinajstić information content (AvgIpc) is 2.94. The molecule has 1 unspecified atom stereocenters. The summed E-state index contributed by atoms with van der Waals surface area (Å²) in [6, 6.07) is 2.93. The van der Waals surface area contributed by atoms with Gasteiger partial charge in [-0.3, -0.25) is 15.2 Å². The van der Waals surface area contributed by atoms with E-state index in [9.17, 15) is 13.2 Å². The first-order chi connectivity index (χ1) is 9.84. The van der Waals surface area contributed by atoms with Gasteiger partial charge >= 0.3 is 6.18 Å². The van der Waals surface area contributed by atoms with Crippen LogP contribution in [0.2, 0.25) is 0 Å². The summed E-state index contributed by atoms with van der Waals surface area (Å²) < 4.78 is 38.2. The van der Waals surface area contributed by atoms with E-state index in [0.717, 1.165) is 12.0 Å². The molecule has 0 aliphatic carbocycles. The number of hydrogen-bond donors (Lipinski definition) is 1. The van der Waals surface area contributed by atoms with Gasteiger partial charge in [-0.05, 0) is 18.6 Å². The zero-order valence-electron chi connectivity index (χ0n) is 11.2. The van der Waals surface area contributed by atoms with Crippen LogP contribution < -0.4 is 0 Å². The normalized spacial score (nSPS) is 20.1. The predicted octanol–water partition coefficient (Wildman–Crippen LogP) is 2.81. The smallest absolute Gasteiger partial charge is 0.286 e. The van der Waals surface area contributed by atoms with Crippen molar-refractivity contribution in [3.63, 3.8) is 0 Å². The lowest BCUT2D eigenvalue weighted by Gasteiger charge is -2.29. The second-order valence-corrected chi connectivity index (χ2v) is 4.73. The number of hydrogen-bond acceptors (Lipinski definition) is 4. The zero-order valence-corrected chi connectivity index (χ0v) is 11.2. The van der Waals surface area contributed by atoms with Gasteiger partial charge in [-0.1, -0.05) is 0 Å². The van der Waals surface area contributed by atoms with Gasteiger partial charge in [0.1, 0.15) is 17.8 Å². The van der Waals surface area contributed by atoms with Crippen molar-refractivity contribution in [3.05, 3.63) is 29.6 Å². The zero-order chi connectivity index (χ0) is 15.6. The number of aromatic nitrogens is 1. The highest BCUT2D eigenvalue weighted by Crippen LogP contribution is 2.35. The minimum Gasteiger partial charge on any atom is -0.286 e. The number of alkyl halides is 3. The Morgan fingerprint density at radius 3 is 2.90 bits per heavy atom. The fourth-order valence-corrected chi connectivity index (χ4v) is 2.06. The Balaban J connectivity index is 2.24. The molecule has 21 heavy (non-hydrogen) atoms. The van der Waals surface area contributed by atoms with Gasteiger partial charge in [0.05, 0.1) is 18.2 Å². The maximum absolute atomic E-state index is 12.7. The summed E-state index contributed by atoms with van der Waals surface area (Å²) >= 11 is 0.